The molecule has 1 aliphatic rings. The highest BCUT2D eigenvalue weighted by Gasteiger charge is 2.30. The molecule has 4 nitrogen and oxygen atoms in total. The van der Waals surface area contributed by atoms with Gasteiger partial charge >= 0.3 is 6.09 Å². The molecule has 33 heavy (non-hydrogen) atoms. The number of hydrogen-bond donors (Lipinski definition) is 1. The Bertz CT molecular complexity index is 1150. The molecule has 172 valence electrons. The van der Waals surface area contributed by atoms with Crippen LogP contribution >= 0.6 is 0 Å². The lowest BCUT2D eigenvalue weighted by molar-refractivity contribution is 0.130. The molecule has 0 saturated heterocycles. The molecule has 0 saturated carbocycles. The van der Waals surface area contributed by atoms with Crippen molar-refractivity contribution in [2.24, 2.45) is 0 Å². The summed E-state index contributed by atoms with van der Waals surface area (Å²) in [6.45, 7) is 13.1. The lowest BCUT2D eigenvalue weighted by atomic mass is 9.92. The number of carbonyl (C=O) groups excluding carboxylic acids is 1. The van der Waals surface area contributed by atoms with E-state index in [1.165, 1.54) is 0 Å². The Labute approximate surface area is 196 Å². The topological polar surface area (TPSA) is 47.6 Å². The molecule has 0 aromatic heterocycles. The van der Waals surface area contributed by atoms with Crippen LogP contribution in [0.4, 0.5) is 10.5 Å². The highest BCUT2D eigenvalue weighted by atomic mass is 16.6. The first-order valence-corrected chi connectivity index (χ1v) is 11.7. The zero-order chi connectivity index (χ0) is 23.7. The first-order valence-electron chi connectivity index (χ1n) is 11.7. The van der Waals surface area contributed by atoms with Crippen molar-refractivity contribution >= 4 is 11.8 Å². The fraction of sp³-hybridized carbons (Fsp3) is 0.345. The lowest BCUT2D eigenvalue weighted by Crippen LogP contribution is -2.21. The minimum absolute atomic E-state index is 0.275. The van der Waals surface area contributed by atoms with Crippen molar-refractivity contribution in [3.8, 4) is 5.75 Å². The van der Waals surface area contributed by atoms with Gasteiger partial charge in [0, 0.05) is 11.1 Å². The van der Waals surface area contributed by atoms with E-state index in [2.05, 4.69) is 57.3 Å². The Kier molecular flexibility index (Phi) is 6.46. The number of para-hydroxylation sites is 1. The monoisotopic (exact) mass is 443 g/mol. The van der Waals surface area contributed by atoms with Crippen LogP contribution in [0.1, 0.15) is 84.6 Å². The second-order valence-corrected chi connectivity index (χ2v) is 9.51. The standard InChI is InChI=1S/C29H33NO3/c1-17(2)22-12-9-13-23(18(3)4)27(22)30-29(31)33-28-24-11-8-7-10-21(24)16-32-25-15-19(5)14-20(6)26(25)28/h7-15,17-18,28H,16H2,1-6H3,(H,30,31). The van der Waals surface area contributed by atoms with Gasteiger partial charge in [-0.05, 0) is 59.6 Å². The van der Waals surface area contributed by atoms with Crippen molar-refractivity contribution in [2.75, 3.05) is 5.32 Å². The van der Waals surface area contributed by atoms with Gasteiger partial charge in [-0.1, -0.05) is 76.2 Å². The average molecular weight is 444 g/mol. The van der Waals surface area contributed by atoms with Gasteiger partial charge in [0.1, 0.15) is 12.4 Å². The number of benzene rings is 3. The Balaban J connectivity index is 1.74. The number of nitrogens with one attached hydrogen (secondary N) is 1. The number of amides is 1. The molecule has 1 heterocycles. The molecule has 1 N–H and O–H groups in total. The van der Waals surface area contributed by atoms with Gasteiger partial charge < -0.3 is 9.47 Å². The highest BCUT2D eigenvalue weighted by molar-refractivity contribution is 5.87. The normalized spacial score (nSPS) is 14.8. The van der Waals surface area contributed by atoms with Crippen LogP contribution in [0.5, 0.6) is 5.75 Å². The number of ether oxygens (including phenoxy) is 2. The lowest BCUT2D eigenvalue weighted by Gasteiger charge is -2.24. The zero-order valence-electron chi connectivity index (χ0n) is 20.4. The van der Waals surface area contributed by atoms with Gasteiger partial charge in [-0.25, -0.2) is 4.79 Å². The van der Waals surface area contributed by atoms with Gasteiger partial charge in [0.2, 0.25) is 0 Å². The van der Waals surface area contributed by atoms with E-state index in [4.69, 9.17) is 9.47 Å². The summed E-state index contributed by atoms with van der Waals surface area (Å²) in [4.78, 5) is 13.4. The SMILES string of the molecule is Cc1cc(C)c2c(c1)OCc1ccccc1C2OC(=O)Nc1c(C(C)C)cccc1C(C)C. The van der Waals surface area contributed by atoms with E-state index in [0.29, 0.717) is 6.61 Å². The van der Waals surface area contributed by atoms with Crippen LogP contribution in [0.25, 0.3) is 0 Å². The van der Waals surface area contributed by atoms with E-state index < -0.39 is 12.2 Å². The van der Waals surface area contributed by atoms with Crippen molar-refractivity contribution in [1.29, 1.82) is 0 Å². The first-order chi connectivity index (χ1) is 15.8. The van der Waals surface area contributed by atoms with Gasteiger partial charge in [0.15, 0.2) is 6.10 Å². The summed E-state index contributed by atoms with van der Waals surface area (Å²) in [5.41, 5.74) is 8.12. The Morgan fingerprint density at radius 2 is 1.64 bits per heavy atom. The van der Waals surface area contributed by atoms with Crippen molar-refractivity contribution in [3.05, 3.63) is 93.5 Å². The van der Waals surface area contributed by atoms with Gasteiger partial charge in [0.25, 0.3) is 0 Å². The van der Waals surface area contributed by atoms with Crippen molar-refractivity contribution in [3.63, 3.8) is 0 Å². The second kappa shape index (κ2) is 9.30. The molecule has 0 spiro atoms. The summed E-state index contributed by atoms with van der Waals surface area (Å²) in [7, 11) is 0. The van der Waals surface area contributed by atoms with Crippen LogP contribution in [0.2, 0.25) is 0 Å². The van der Waals surface area contributed by atoms with E-state index >= 15 is 0 Å². The van der Waals surface area contributed by atoms with E-state index in [1.807, 2.05) is 44.2 Å². The van der Waals surface area contributed by atoms with Gasteiger partial charge in [-0.15, -0.1) is 0 Å². The van der Waals surface area contributed by atoms with Crippen LogP contribution in [-0.4, -0.2) is 6.09 Å². The fourth-order valence-corrected chi connectivity index (χ4v) is 4.68. The predicted octanol–water partition coefficient (Wildman–Crippen LogP) is 7.78. The Hall–Kier alpha value is -3.27. The van der Waals surface area contributed by atoms with Crippen LogP contribution in [0, 0.1) is 13.8 Å². The molecule has 0 fully saturated rings. The Morgan fingerprint density at radius 1 is 0.970 bits per heavy atom. The summed E-state index contributed by atoms with van der Waals surface area (Å²) in [6, 6.07) is 18.3. The van der Waals surface area contributed by atoms with E-state index in [-0.39, 0.29) is 11.8 Å². The third-order valence-electron chi connectivity index (χ3n) is 6.30. The van der Waals surface area contributed by atoms with Crippen molar-refractivity contribution in [1.82, 2.24) is 0 Å². The predicted molar refractivity (Wildman–Crippen MR) is 133 cm³/mol. The van der Waals surface area contributed by atoms with Crippen LogP contribution in [-0.2, 0) is 11.3 Å². The van der Waals surface area contributed by atoms with E-state index in [1.54, 1.807) is 0 Å². The minimum atomic E-state index is -0.548. The minimum Gasteiger partial charge on any atom is -0.488 e. The van der Waals surface area contributed by atoms with Gasteiger partial charge in [0.05, 0.1) is 5.69 Å². The molecular formula is C29H33NO3. The summed E-state index contributed by atoms with van der Waals surface area (Å²) in [6.07, 6.45) is -1.01. The zero-order valence-corrected chi connectivity index (χ0v) is 20.4. The van der Waals surface area contributed by atoms with Crippen LogP contribution < -0.4 is 10.1 Å². The molecule has 0 radical (unpaired) electrons. The molecule has 4 heteroatoms. The molecule has 3 aromatic carbocycles. The first kappa shape index (κ1) is 22.9. The fourth-order valence-electron chi connectivity index (χ4n) is 4.68. The number of aryl methyl sites for hydroxylation is 2. The molecule has 3 aromatic rings. The quantitative estimate of drug-likeness (QED) is 0.448. The maximum atomic E-state index is 13.4. The van der Waals surface area contributed by atoms with E-state index in [0.717, 1.165) is 50.4 Å². The number of fused-ring (bicyclic) bond motifs is 2. The average Bonchev–Trinajstić information content (AvgIpc) is 2.91. The molecule has 1 unspecified atom stereocenters. The molecule has 1 aliphatic heterocycles. The second-order valence-electron chi connectivity index (χ2n) is 9.51. The third-order valence-corrected chi connectivity index (χ3v) is 6.30. The third kappa shape index (κ3) is 4.61. The largest absolute Gasteiger partial charge is 0.488 e. The summed E-state index contributed by atoms with van der Waals surface area (Å²) < 4.78 is 12.3. The maximum Gasteiger partial charge on any atom is 0.412 e. The number of anilines is 1. The van der Waals surface area contributed by atoms with Gasteiger partial charge in [-0.3, -0.25) is 5.32 Å². The van der Waals surface area contributed by atoms with E-state index in [9.17, 15) is 4.79 Å². The summed E-state index contributed by atoms with van der Waals surface area (Å²) >= 11 is 0. The smallest absolute Gasteiger partial charge is 0.412 e. The molecule has 1 amide bonds. The maximum absolute atomic E-state index is 13.4. The van der Waals surface area contributed by atoms with Crippen molar-refractivity contribution in [2.45, 2.75) is 66.1 Å². The molecule has 4 rings (SSSR count). The Morgan fingerprint density at radius 3 is 2.30 bits per heavy atom. The summed E-state index contributed by atoms with van der Waals surface area (Å²) in [5.74, 6) is 1.32. The molecule has 0 aliphatic carbocycles. The summed E-state index contributed by atoms with van der Waals surface area (Å²) in [5, 5.41) is 3.10. The molecular weight excluding hydrogens is 410 g/mol. The molecule has 1 atom stereocenters. The molecule has 0 bridgehead atoms. The number of carbonyl (C=O) groups is 1. The van der Waals surface area contributed by atoms with Crippen LogP contribution in [0.15, 0.2) is 54.6 Å². The van der Waals surface area contributed by atoms with Crippen molar-refractivity contribution < 1.29 is 14.3 Å². The highest BCUT2D eigenvalue weighted by Crippen LogP contribution is 2.41. The number of hydrogen-bond acceptors (Lipinski definition) is 3. The van der Waals surface area contributed by atoms with Crippen LogP contribution in [0.3, 0.4) is 0 Å². The number of rotatable bonds is 4. The van der Waals surface area contributed by atoms with Gasteiger partial charge in [-0.2, -0.15) is 0 Å².